The summed E-state index contributed by atoms with van der Waals surface area (Å²) in [4.78, 5) is 33.3. The molecule has 1 amide bonds. The van der Waals surface area contributed by atoms with E-state index in [-0.39, 0.29) is 17.5 Å². The number of hydrogen-bond acceptors (Lipinski definition) is 5. The van der Waals surface area contributed by atoms with Crippen molar-refractivity contribution in [3.63, 3.8) is 0 Å². The molecule has 1 saturated heterocycles. The van der Waals surface area contributed by atoms with E-state index in [0.717, 1.165) is 32.0 Å². The molecule has 1 aromatic carbocycles. The Bertz CT molecular complexity index is 876. The molecular formula is C20H25N5O3. The zero-order valence-electron chi connectivity index (χ0n) is 16.0. The number of nitrogens with zero attached hydrogens (tertiary/aromatic N) is 4. The van der Waals surface area contributed by atoms with Crippen molar-refractivity contribution in [3.05, 3.63) is 47.0 Å². The lowest BCUT2D eigenvalue weighted by Crippen LogP contribution is -2.37. The maximum absolute atomic E-state index is 13.3. The van der Waals surface area contributed by atoms with Gasteiger partial charge in [-0.2, -0.15) is 5.10 Å². The van der Waals surface area contributed by atoms with Crippen LogP contribution in [0.4, 0.5) is 0 Å². The Morgan fingerprint density at radius 1 is 1.18 bits per heavy atom. The third-order valence-corrected chi connectivity index (χ3v) is 5.50. The Morgan fingerprint density at radius 2 is 1.96 bits per heavy atom. The van der Waals surface area contributed by atoms with Crippen LogP contribution in [0.5, 0.6) is 0 Å². The lowest BCUT2D eigenvalue weighted by atomic mass is 10.1. The van der Waals surface area contributed by atoms with Crippen LogP contribution in [0.1, 0.15) is 57.7 Å². The summed E-state index contributed by atoms with van der Waals surface area (Å²) in [6, 6.07) is 5.99. The number of amides is 1. The Labute approximate surface area is 163 Å². The second-order valence-electron chi connectivity index (χ2n) is 7.71. The van der Waals surface area contributed by atoms with Crippen molar-refractivity contribution in [3.8, 4) is 0 Å². The maximum Gasteiger partial charge on any atom is 0.335 e. The Hall–Kier alpha value is -2.74. The third-order valence-electron chi connectivity index (χ3n) is 5.50. The van der Waals surface area contributed by atoms with E-state index in [9.17, 15) is 14.7 Å². The number of H-pyrrole nitrogens is 1. The predicted molar refractivity (Wildman–Crippen MR) is 102 cm³/mol. The number of rotatable bonds is 5. The maximum atomic E-state index is 13.3. The van der Waals surface area contributed by atoms with Gasteiger partial charge in [-0.05, 0) is 50.3 Å². The van der Waals surface area contributed by atoms with Crippen molar-refractivity contribution in [1.82, 2.24) is 25.0 Å². The van der Waals surface area contributed by atoms with Crippen molar-refractivity contribution in [1.29, 1.82) is 0 Å². The number of hydrogen-bond donors (Lipinski definition) is 2. The fraction of sp³-hybridized carbons (Fsp3) is 0.500. The van der Waals surface area contributed by atoms with Gasteiger partial charge in [-0.25, -0.2) is 9.78 Å². The highest BCUT2D eigenvalue weighted by molar-refractivity contribution is 5.97. The van der Waals surface area contributed by atoms with Crippen LogP contribution >= 0.6 is 0 Å². The summed E-state index contributed by atoms with van der Waals surface area (Å²) >= 11 is 0. The second kappa shape index (κ2) is 7.71. The van der Waals surface area contributed by atoms with Crippen molar-refractivity contribution >= 4 is 11.9 Å². The summed E-state index contributed by atoms with van der Waals surface area (Å²) in [5.41, 5.74) is 0.495. The van der Waals surface area contributed by atoms with Crippen molar-refractivity contribution in [2.45, 2.75) is 32.2 Å². The molecule has 1 aliphatic heterocycles. The number of carbonyl (C=O) groups excluding carboxylic acids is 1. The van der Waals surface area contributed by atoms with Crippen LogP contribution < -0.4 is 0 Å². The number of benzene rings is 1. The quantitative estimate of drug-likeness (QED) is 0.820. The summed E-state index contributed by atoms with van der Waals surface area (Å²) in [5.74, 6) is 0.910. The molecule has 2 aromatic rings. The van der Waals surface area contributed by atoms with Crippen LogP contribution in [0.15, 0.2) is 24.3 Å². The van der Waals surface area contributed by atoms with Gasteiger partial charge < -0.3 is 14.9 Å². The van der Waals surface area contributed by atoms with Crippen LogP contribution in [0.2, 0.25) is 0 Å². The fourth-order valence-corrected chi connectivity index (χ4v) is 3.80. The number of aromatic amines is 1. The van der Waals surface area contributed by atoms with Gasteiger partial charge in [0.25, 0.3) is 5.91 Å². The van der Waals surface area contributed by atoms with Gasteiger partial charge in [0, 0.05) is 31.7 Å². The van der Waals surface area contributed by atoms with E-state index in [0.29, 0.717) is 23.8 Å². The lowest BCUT2D eigenvalue weighted by Gasteiger charge is -2.28. The van der Waals surface area contributed by atoms with Crippen molar-refractivity contribution < 1.29 is 14.7 Å². The van der Waals surface area contributed by atoms with Gasteiger partial charge >= 0.3 is 5.97 Å². The van der Waals surface area contributed by atoms with Crippen LogP contribution in [-0.2, 0) is 0 Å². The number of aromatic carboxylic acids is 1. The van der Waals surface area contributed by atoms with E-state index in [1.807, 2.05) is 6.92 Å². The molecule has 8 nitrogen and oxygen atoms in total. The highest BCUT2D eigenvalue weighted by Crippen LogP contribution is 2.32. The Balaban J connectivity index is 1.60. The summed E-state index contributed by atoms with van der Waals surface area (Å²) in [6.45, 7) is 5.20. The molecule has 2 N–H and O–H groups in total. The average molecular weight is 383 g/mol. The SMILES string of the molecule is Cc1nc(C2CCN(CC3CC3)CCN2C(=O)c2cccc(C(=O)O)c2)n[nH]1. The minimum absolute atomic E-state index is 0.112. The first-order chi connectivity index (χ1) is 13.5. The van der Waals surface area contributed by atoms with Gasteiger partial charge in [0.1, 0.15) is 5.82 Å². The zero-order valence-corrected chi connectivity index (χ0v) is 16.0. The summed E-state index contributed by atoms with van der Waals surface area (Å²) in [7, 11) is 0. The van der Waals surface area contributed by atoms with E-state index >= 15 is 0 Å². The van der Waals surface area contributed by atoms with Crippen molar-refractivity contribution in [2.75, 3.05) is 26.2 Å². The summed E-state index contributed by atoms with van der Waals surface area (Å²) in [5, 5.41) is 16.4. The molecule has 28 heavy (non-hydrogen) atoms. The first-order valence-electron chi connectivity index (χ1n) is 9.77. The average Bonchev–Trinajstić information content (AvgIpc) is 3.45. The van der Waals surface area contributed by atoms with Gasteiger partial charge in [0.2, 0.25) is 0 Å². The summed E-state index contributed by atoms with van der Waals surface area (Å²) < 4.78 is 0. The molecule has 4 rings (SSSR count). The van der Waals surface area contributed by atoms with Crippen molar-refractivity contribution in [2.24, 2.45) is 5.92 Å². The molecule has 1 aliphatic carbocycles. The molecule has 0 spiro atoms. The molecule has 1 unspecified atom stereocenters. The molecular weight excluding hydrogens is 358 g/mol. The van der Waals surface area contributed by atoms with Gasteiger partial charge in [-0.15, -0.1) is 0 Å². The molecule has 148 valence electrons. The number of carbonyl (C=O) groups is 2. The predicted octanol–water partition coefficient (Wildman–Crippen LogP) is 2.11. The molecule has 0 radical (unpaired) electrons. The molecule has 0 bridgehead atoms. The standard InChI is InChI=1S/C20H25N5O3/c1-13-21-18(23-22-13)17-7-8-24(12-14-5-6-14)9-10-25(17)19(26)15-3-2-4-16(11-15)20(27)28/h2-4,11,14,17H,5-10,12H2,1H3,(H,27,28)(H,21,22,23). The second-order valence-corrected chi connectivity index (χ2v) is 7.71. The smallest absolute Gasteiger partial charge is 0.335 e. The number of carboxylic acids is 1. The first-order valence-corrected chi connectivity index (χ1v) is 9.77. The fourth-order valence-electron chi connectivity index (χ4n) is 3.80. The Kier molecular flexibility index (Phi) is 5.13. The first kappa shape index (κ1) is 18.6. The van der Waals surface area contributed by atoms with Crippen LogP contribution in [0.25, 0.3) is 0 Å². The highest BCUT2D eigenvalue weighted by Gasteiger charge is 2.34. The molecule has 2 aliphatic rings. The minimum atomic E-state index is -1.04. The van der Waals surface area contributed by atoms with Crippen LogP contribution in [0, 0.1) is 12.8 Å². The van der Waals surface area contributed by atoms with E-state index in [1.54, 1.807) is 17.0 Å². The third kappa shape index (κ3) is 4.06. The highest BCUT2D eigenvalue weighted by atomic mass is 16.4. The monoisotopic (exact) mass is 383 g/mol. The van der Waals surface area contributed by atoms with E-state index in [2.05, 4.69) is 20.1 Å². The molecule has 8 heteroatoms. The van der Waals surface area contributed by atoms with Gasteiger partial charge in [-0.3, -0.25) is 9.89 Å². The van der Waals surface area contributed by atoms with E-state index in [4.69, 9.17) is 0 Å². The number of aromatic nitrogens is 3. The number of nitrogens with one attached hydrogen (secondary N) is 1. The Morgan fingerprint density at radius 3 is 2.64 bits per heavy atom. The minimum Gasteiger partial charge on any atom is -0.478 e. The van der Waals surface area contributed by atoms with E-state index < -0.39 is 5.97 Å². The topological polar surface area (TPSA) is 102 Å². The van der Waals surface area contributed by atoms with Gasteiger partial charge in [-0.1, -0.05) is 6.07 Å². The number of carboxylic acid groups (broad SMARTS) is 1. The molecule has 1 saturated carbocycles. The molecule has 1 aromatic heterocycles. The van der Waals surface area contributed by atoms with Gasteiger partial charge in [0.15, 0.2) is 5.82 Å². The molecule has 1 atom stereocenters. The molecule has 2 fully saturated rings. The van der Waals surface area contributed by atoms with Crippen LogP contribution in [-0.4, -0.2) is 68.1 Å². The summed E-state index contributed by atoms with van der Waals surface area (Å²) in [6.07, 6.45) is 3.35. The largest absolute Gasteiger partial charge is 0.478 e. The number of aryl methyl sites for hydroxylation is 1. The van der Waals surface area contributed by atoms with E-state index in [1.165, 1.54) is 25.0 Å². The lowest BCUT2D eigenvalue weighted by molar-refractivity contribution is 0.0677. The molecule has 2 heterocycles. The normalized spacial score (nSPS) is 20.8. The van der Waals surface area contributed by atoms with Crippen LogP contribution in [0.3, 0.4) is 0 Å². The van der Waals surface area contributed by atoms with Gasteiger partial charge in [0.05, 0.1) is 11.6 Å². The zero-order chi connectivity index (χ0) is 19.7.